The topological polar surface area (TPSA) is 63.2 Å². The molecule has 0 aliphatic carbocycles. The van der Waals surface area contributed by atoms with E-state index in [1.54, 1.807) is 0 Å². The van der Waals surface area contributed by atoms with Crippen molar-refractivity contribution in [1.82, 2.24) is 0 Å². The molecule has 0 fully saturated rings. The Kier molecular flexibility index (Phi) is 4.18. The number of sulfone groups is 1. The Labute approximate surface area is 121 Å². The van der Waals surface area contributed by atoms with Crippen LogP contribution in [0.2, 0.25) is 0 Å². The van der Waals surface area contributed by atoms with Crippen LogP contribution in [0.4, 0.5) is 10.1 Å². The summed E-state index contributed by atoms with van der Waals surface area (Å²) in [4.78, 5) is 11.2. The smallest absolute Gasteiger partial charge is 0.247 e. The predicted octanol–water partition coefficient (Wildman–Crippen LogP) is 2.78. The lowest BCUT2D eigenvalue weighted by atomic mass is 10.3. The standard InChI is InChI=1S/C15H12FNO3S/c1-2-15(18)17-12-5-9-14(10-6-12)21(19,20)13-7-3-11(16)4-8-13/h2-10H,1H2,(H,17,18). The van der Waals surface area contributed by atoms with Gasteiger partial charge in [0.25, 0.3) is 0 Å². The van der Waals surface area contributed by atoms with Crippen molar-refractivity contribution in [3.8, 4) is 0 Å². The van der Waals surface area contributed by atoms with Crippen LogP contribution < -0.4 is 5.32 Å². The van der Waals surface area contributed by atoms with Crippen LogP contribution in [-0.2, 0) is 14.6 Å². The molecular formula is C15H12FNO3S. The van der Waals surface area contributed by atoms with Gasteiger partial charge in [-0.05, 0) is 54.6 Å². The predicted molar refractivity (Wildman–Crippen MR) is 77.1 cm³/mol. The van der Waals surface area contributed by atoms with Gasteiger partial charge in [-0.25, -0.2) is 12.8 Å². The van der Waals surface area contributed by atoms with E-state index in [2.05, 4.69) is 11.9 Å². The van der Waals surface area contributed by atoms with E-state index in [0.717, 1.165) is 18.2 Å². The van der Waals surface area contributed by atoms with E-state index in [9.17, 15) is 17.6 Å². The van der Waals surface area contributed by atoms with Crippen LogP contribution in [0.15, 0.2) is 71.0 Å². The van der Waals surface area contributed by atoms with Gasteiger partial charge in [0.15, 0.2) is 0 Å². The maximum Gasteiger partial charge on any atom is 0.247 e. The Hall–Kier alpha value is -2.47. The summed E-state index contributed by atoms with van der Waals surface area (Å²) in [6.45, 7) is 3.32. The van der Waals surface area contributed by atoms with E-state index >= 15 is 0 Å². The van der Waals surface area contributed by atoms with Gasteiger partial charge in [0.1, 0.15) is 5.82 Å². The van der Waals surface area contributed by atoms with Gasteiger partial charge in [0, 0.05) is 5.69 Å². The number of amides is 1. The van der Waals surface area contributed by atoms with E-state index in [4.69, 9.17) is 0 Å². The highest BCUT2D eigenvalue weighted by molar-refractivity contribution is 7.91. The van der Waals surface area contributed by atoms with Crippen molar-refractivity contribution in [3.05, 3.63) is 67.0 Å². The van der Waals surface area contributed by atoms with Crippen molar-refractivity contribution < 1.29 is 17.6 Å². The van der Waals surface area contributed by atoms with Crippen molar-refractivity contribution in [2.45, 2.75) is 9.79 Å². The number of halogens is 1. The lowest BCUT2D eigenvalue weighted by Gasteiger charge is -2.06. The van der Waals surface area contributed by atoms with Gasteiger partial charge in [-0.3, -0.25) is 4.79 Å². The van der Waals surface area contributed by atoms with Crippen molar-refractivity contribution in [2.24, 2.45) is 0 Å². The second kappa shape index (κ2) is 5.88. The summed E-state index contributed by atoms with van der Waals surface area (Å²) in [6.07, 6.45) is 1.11. The Morgan fingerprint density at radius 3 is 1.95 bits per heavy atom. The quantitative estimate of drug-likeness (QED) is 0.698. The molecule has 0 aromatic heterocycles. The number of hydrogen-bond donors (Lipinski definition) is 1. The minimum atomic E-state index is -3.71. The van der Waals surface area contributed by atoms with Gasteiger partial charge < -0.3 is 5.32 Å². The summed E-state index contributed by atoms with van der Waals surface area (Å²) in [5.41, 5.74) is 0.456. The van der Waals surface area contributed by atoms with Crippen LogP contribution in [0.1, 0.15) is 0 Å². The average Bonchev–Trinajstić information content (AvgIpc) is 2.48. The van der Waals surface area contributed by atoms with Crippen LogP contribution in [0.5, 0.6) is 0 Å². The molecule has 0 radical (unpaired) electrons. The fraction of sp³-hybridized carbons (Fsp3) is 0. The Morgan fingerprint density at radius 2 is 1.48 bits per heavy atom. The third-order valence-electron chi connectivity index (χ3n) is 2.74. The second-order valence-corrected chi connectivity index (χ2v) is 6.12. The zero-order chi connectivity index (χ0) is 15.5. The molecule has 21 heavy (non-hydrogen) atoms. The van der Waals surface area contributed by atoms with Crippen molar-refractivity contribution in [1.29, 1.82) is 0 Å². The molecule has 1 amide bonds. The number of nitrogens with one attached hydrogen (secondary N) is 1. The van der Waals surface area contributed by atoms with E-state index in [1.165, 1.54) is 36.4 Å². The Bertz CT molecular complexity index is 766. The number of hydrogen-bond acceptors (Lipinski definition) is 3. The highest BCUT2D eigenvalue weighted by Gasteiger charge is 2.17. The molecule has 0 unspecified atom stereocenters. The zero-order valence-corrected chi connectivity index (χ0v) is 11.7. The highest BCUT2D eigenvalue weighted by Crippen LogP contribution is 2.22. The zero-order valence-electron chi connectivity index (χ0n) is 10.9. The number of anilines is 1. The van der Waals surface area contributed by atoms with Crippen molar-refractivity contribution >= 4 is 21.4 Å². The summed E-state index contributed by atoms with van der Waals surface area (Å²) in [5.74, 6) is -0.888. The molecule has 0 aliphatic heterocycles. The maximum atomic E-state index is 12.8. The lowest BCUT2D eigenvalue weighted by molar-refractivity contribution is -0.111. The summed E-state index contributed by atoms with van der Waals surface area (Å²) >= 11 is 0. The molecule has 2 aromatic carbocycles. The van der Waals surface area contributed by atoms with Crippen LogP contribution in [0.25, 0.3) is 0 Å². The Morgan fingerprint density at radius 1 is 1.00 bits per heavy atom. The monoisotopic (exact) mass is 305 g/mol. The fourth-order valence-corrected chi connectivity index (χ4v) is 2.92. The second-order valence-electron chi connectivity index (χ2n) is 4.18. The molecule has 2 aromatic rings. The van der Waals surface area contributed by atoms with E-state index < -0.39 is 15.7 Å². The number of rotatable bonds is 4. The molecule has 1 N–H and O–H groups in total. The van der Waals surface area contributed by atoms with Crippen LogP contribution >= 0.6 is 0 Å². The lowest BCUT2D eigenvalue weighted by Crippen LogP contribution is -2.07. The molecule has 0 atom stereocenters. The highest BCUT2D eigenvalue weighted by atomic mass is 32.2. The summed E-state index contributed by atoms with van der Waals surface area (Å²) in [6, 6.07) is 10.3. The van der Waals surface area contributed by atoms with Gasteiger partial charge in [-0.1, -0.05) is 6.58 Å². The largest absolute Gasteiger partial charge is 0.323 e. The van der Waals surface area contributed by atoms with Crippen LogP contribution in [-0.4, -0.2) is 14.3 Å². The molecule has 0 saturated carbocycles. The van der Waals surface area contributed by atoms with Gasteiger partial charge >= 0.3 is 0 Å². The van der Waals surface area contributed by atoms with Gasteiger partial charge in [-0.15, -0.1) is 0 Å². The third kappa shape index (κ3) is 3.35. The summed E-state index contributed by atoms with van der Waals surface area (Å²) in [7, 11) is -3.71. The molecular weight excluding hydrogens is 293 g/mol. The van der Waals surface area contributed by atoms with Crippen LogP contribution in [0.3, 0.4) is 0 Å². The minimum absolute atomic E-state index is 0.00628. The number of carbonyl (C=O) groups excluding carboxylic acids is 1. The molecule has 0 aliphatic rings. The van der Waals surface area contributed by atoms with Crippen LogP contribution in [0, 0.1) is 5.82 Å². The summed E-state index contributed by atoms with van der Waals surface area (Å²) in [5, 5.41) is 2.52. The van der Waals surface area contributed by atoms with E-state index in [-0.39, 0.29) is 15.7 Å². The molecule has 6 heteroatoms. The van der Waals surface area contributed by atoms with Crippen molar-refractivity contribution in [3.63, 3.8) is 0 Å². The number of carbonyl (C=O) groups is 1. The fourth-order valence-electron chi connectivity index (χ4n) is 1.66. The van der Waals surface area contributed by atoms with Gasteiger partial charge in [-0.2, -0.15) is 0 Å². The molecule has 0 heterocycles. The first-order chi connectivity index (χ1) is 9.93. The Balaban J connectivity index is 2.31. The van der Waals surface area contributed by atoms with E-state index in [1.807, 2.05) is 0 Å². The average molecular weight is 305 g/mol. The third-order valence-corrected chi connectivity index (χ3v) is 4.53. The number of benzene rings is 2. The van der Waals surface area contributed by atoms with Crippen molar-refractivity contribution in [2.75, 3.05) is 5.32 Å². The normalized spacial score (nSPS) is 10.9. The first-order valence-electron chi connectivity index (χ1n) is 5.97. The first kappa shape index (κ1) is 14.9. The SMILES string of the molecule is C=CC(=O)Nc1ccc(S(=O)(=O)c2ccc(F)cc2)cc1. The summed E-state index contributed by atoms with van der Waals surface area (Å²) < 4.78 is 37.5. The molecule has 0 spiro atoms. The molecule has 0 bridgehead atoms. The van der Waals surface area contributed by atoms with Gasteiger partial charge in [0.05, 0.1) is 9.79 Å². The molecule has 108 valence electrons. The molecule has 4 nitrogen and oxygen atoms in total. The minimum Gasteiger partial charge on any atom is -0.323 e. The molecule has 0 saturated heterocycles. The molecule has 2 rings (SSSR count). The van der Waals surface area contributed by atoms with E-state index in [0.29, 0.717) is 5.69 Å². The maximum absolute atomic E-state index is 12.8. The first-order valence-corrected chi connectivity index (χ1v) is 7.46. The van der Waals surface area contributed by atoms with Gasteiger partial charge in [0.2, 0.25) is 15.7 Å².